The molecule has 0 fully saturated rings. The van der Waals surface area contributed by atoms with E-state index >= 15 is 0 Å². The Hall–Kier alpha value is -1.49. The summed E-state index contributed by atoms with van der Waals surface area (Å²) in [6, 6.07) is 10.6. The molecule has 2 N–H and O–H groups in total. The second-order valence-corrected chi connectivity index (χ2v) is 8.02. The van der Waals surface area contributed by atoms with Crippen LogP contribution in [0, 0.1) is 3.57 Å². The molecule has 0 bridgehead atoms. The molecular formula is C20H16ClF4IN2O. The summed E-state index contributed by atoms with van der Waals surface area (Å²) in [5.74, 6) is 0. The molecule has 0 spiro atoms. The van der Waals surface area contributed by atoms with Crippen LogP contribution >= 0.6 is 34.2 Å². The summed E-state index contributed by atoms with van der Waals surface area (Å²) in [4.78, 5) is 3.60. The van der Waals surface area contributed by atoms with Gasteiger partial charge in [0.05, 0.1) is 11.6 Å². The minimum Gasteiger partial charge on any atom is -0.387 e. The van der Waals surface area contributed by atoms with Crippen molar-refractivity contribution in [1.29, 1.82) is 0 Å². The first-order valence-corrected chi connectivity index (χ1v) is 10.0. The number of fused-ring (bicyclic) bond motifs is 1. The molecule has 0 aliphatic carbocycles. The highest BCUT2D eigenvalue weighted by atomic mass is 127. The van der Waals surface area contributed by atoms with E-state index in [9.17, 15) is 22.7 Å². The van der Waals surface area contributed by atoms with Crippen LogP contribution in [0.15, 0.2) is 42.5 Å². The third-order valence-corrected chi connectivity index (χ3v) is 5.70. The van der Waals surface area contributed by atoms with Gasteiger partial charge in [-0.1, -0.05) is 29.8 Å². The van der Waals surface area contributed by atoms with Crippen molar-refractivity contribution in [3.63, 3.8) is 0 Å². The summed E-state index contributed by atoms with van der Waals surface area (Å²) in [5, 5.41) is 14.5. The topological polar surface area (TPSA) is 45.1 Å². The lowest BCUT2D eigenvalue weighted by atomic mass is 10.00. The number of pyridine rings is 1. The number of rotatable bonds is 6. The summed E-state index contributed by atoms with van der Waals surface area (Å²) >= 11 is 8.13. The maximum atomic E-state index is 13.3. The third kappa shape index (κ3) is 5.17. The Balaban J connectivity index is 1.90. The summed E-state index contributed by atoms with van der Waals surface area (Å²) in [5.41, 5.74) is -0.261. The van der Waals surface area contributed by atoms with Crippen LogP contribution in [0.1, 0.15) is 28.5 Å². The number of para-hydroxylation sites is 1. The van der Waals surface area contributed by atoms with Gasteiger partial charge in [0, 0.05) is 32.6 Å². The fourth-order valence-corrected chi connectivity index (χ4v) is 3.72. The SMILES string of the molecule is OC(CNCc1cc(Cl)ccc1I)c1cc(C(F)(F)F)nc2c(CF)cccc12. The van der Waals surface area contributed by atoms with Crippen molar-refractivity contribution in [2.24, 2.45) is 0 Å². The van der Waals surface area contributed by atoms with Gasteiger partial charge in [0.2, 0.25) is 0 Å². The third-order valence-electron chi connectivity index (χ3n) is 4.41. The number of halogens is 6. The van der Waals surface area contributed by atoms with Gasteiger partial charge in [0.1, 0.15) is 12.4 Å². The standard InChI is InChI=1S/C20H16ClF4IN2O/c21-13-4-5-16(26)12(6-13)9-27-10-17(29)15-7-18(20(23,24)25)28-19-11(8-22)2-1-3-14(15)19/h1-7,17,27,29H,8-10H2. The number of benzene rings is 2. The number of hydrogen-bond donors (Lipinski definition) is 2. The normalized spacial score (nSPS) is 13.1. The zero-order valence-corrected chi connectivity index (χ0v) is 17.8. The zero-order valence-electron chi connectivity index (χ0n) is 14.9. The van der Waals surface area contributed by atoms with Gasteiger partial charge in [-0.2, -0.15) is 13.2 Å². The predicted molar refractivity (Wildman–Crippen MR) is 112 cm³/mol. The minimum atomic E-state index is -4.71. The molecule has 3 rings (SSSR count). The van der Waals surface area contributed by atoms with Crippen molar-refractivity contribution in [3.05, 3.63) is 73.4 Å². The van der Waals surface area contributed by atoms with E-state index in [1.54, 1.807) is 12.1 Å². The largest absolute Gasteiger partial charge is 0.433 e. The van der Waals surface area contributed by atoms with Crippen molar-refractivity contribution < 1.29 is 22.7 Å². The van der Waals surface area contributed by atoms with Crippen molar-refractivity contribution >= 4 is 45.1 Å². The number of nitrogens with zero attached hydrogens (tertiary/aromatic N) is 1. The average molecular weight is 539 g/mol. The van der Waals surface area contributed by atoms with E-state index in [1.165, 1.54) is 18.2 Å². The highest BCUT2D eigenvalue weighted by molar-refractivity contribution is 14.1. The van der Waals surface area contributed by atoms with Gasteiger partial charge in [0.15, 0.2) is 0 Å². The lowest BCUT2D eigenvalue weighted by Gasteiger charge is -2.18. The first kappa shape index (κ1) is 22.2. The van der Waals surface area contributed by atoms with E-state index in [1.807, 2.05) is 6.07 Å². The summed E-state index contributed by atoms with van der Waals surface area (Å²) < 4.78 is 54.1. The Morgan fingerprint density at radius 3 is 2.59 bits per heavy atom. The molecular weight excluding hydrogens is 523 g/mol. The van der Waals surface area contributed by atoms with Gasteiger partial charge in [-0.3, -0.25) is 0 Å². The summed E-state index contributed by atoms with van der Waals surface area (Å²) in [7, 11) is 0. The quantitative estimate of drug-likeness (QED) is 0.308. The van der Waals surface area contributed by atoms with Crippen molar-refractivity contribution in [3.8, 4) is 0 Å². The van der Waals surface area contributed by atoms with Gasteiger partial charge in [0.25, 0.3) is 0 Å². The average Bonchev–Trinajstić information content (AvgIpc) is 2.68. The van der Waals surface area contributed by atoms with E-state index in [0.717, 1.165) is 15.2 Å². The van der Waals surface area contributed by atoms with Gasteiger partial charge in [-0.15, -0.1) is 0 Å². The van der Waals surface area contributed by atoms with Crippen LogP contribution in [0.3, 0.4) is 0 Å². The molecule has 29 heavy (non-hydrogen) atoms. The van der Waals surface area contributed by atoms with Gasteiger partial charge in [-0.05, 0) is 58.0 Å². The number of aliphatic hydroxyl groups is 1. The molecule has 3 nitrogen and oxygen atoms in total. The number of alkyl halides is 4. The Labute approximate surface area is 183 Å². The van der Waals surface area contributed by atoms with Crippen LogP contribution in [-0.4, -0.2) is 16.6 Å². The maximum absolute atomic E-state index is 13.3. The Bertz CT molecular complexity index is 1030. The highest BCUT2D eigenvalue weighted by Crippen LogP contribution is 2.34. The lowest BCUT2D eigenvalue weighted by molar-refractivity contribution is -0.141. The minimum absolute atomic E-state index is 0.00113. The van der Waals surface area contributed by atoms with Gasteiger partial charge >= 0.3 is 6.18 Å². The molecule has 1 heterocycles. The van der Waals surface area contributed by atoms with Gasteiger partial charge < -0.3 is 10.4 Å². The fourth-order valence-electron chi connectivity index (χ4n) is 3.00. The maximum Gasteiger partial charge on any atom is 0.433 e. The van der Waals surface area contributed by atoms with E-state index in [2.05, 4.69) is 32.9 Å². The molecule has 0 saturated carbocycles. The van der Waals surface area contributed by atoms with E-state index in [-0.39, 0.29) is 23.2 Å². The molecule has 2 aromatic carbocycles. The van der Waals surface area contributed by atoms with Crippen LogP contribution in [0.5, 0.6) is 0 Å². The Morgan fingerprint density at radius 2 is 1.90 bits per heavy atom. The molecule has 0 radical (unpaired) electrons. The lowest BCUT2D eigenvalue weighted by Crippen LogP contribution is -2.22. The smallest absolute Gasteiger partial charge is 0.387 e. The molecule has 0 aliphatic heterocycles. The van der Waals surface area contributed by atoms with Crippen LogP contribution < -0.4 is 5.32 Å². The van der Waals surface area contributed by atoms with E-state index in [0.29, 0.717) is 17.0 Å². The predicted octanol–water partition coefficient (Wildman–Crippen LogP) is 5.80. The molecule has 9 heteroatoms. The first-order chi connectivity index (χ1) is 13.7. The molecule has 1 unspecified atom stereocenters. The zero-order chi connectivity index (χ0) is 21.2. The van der Waals surface area contributed by atoms with Crippen molar-refractivity contribution in [1.82, 2.24) is 10.3 Å². The van der Waals surface area contributed by atoms with Crippen LogP contribution in [0.2, 0.25) is 5.02 Å². The second kappa shape index (κ2) is 9.11. The fraction of sp³-hybridized carbons (Fsp3) is 0.250. The molecule has 1 atom stereocenters. The number of aromatic nitrogens is 1. The second-order valence-electron chi connectivity index (χ2n) is 6.42. The Kier molecular flexibility index (Phi) is 6.98. The molecule has 0 amide bonds. The summed E-state index contributed by atoms with van der Waals surface area (Å²) in [6.45, 7) is -0.577. The number of hydrogen-bond acceptors (Lipinski definition) is 3. The highest BCUT2D eigenvalue weighted by Gasteiger charge is 2.34. The molecule has 0 saturated heterocycles. The molecule has 3 aromatic rings. The van der Waals surface area contributed by atoms with Crippen LogP contribution in [0.4, 0.5) is 17.6 Å². The monoisotopic (exact) mass is 538 g/mol. The van der Waals surface area contributed by atoms with Crippen LogP contribution in [-0.2, 0) is 19.4 Å². The summed E-state index contributed by atoms with van der Waals surface area (Å²) in [6.07, 6.45) is -5.95. The van der Waals surface area contributed by atoms with Crippen LogP contribution in [0.25, 0.3) is 10.9 Å². The van der Waals surface area contributed by atoms with Crippen molar-refractivity contribution in [2.45, 2.75) is 25.5 Å². The number of nitrogens with one attached hydrogen (secondary N) is 1. The first-order valence-electron chi connectivity index (χ1n) is 8.59. The Morgan fingerprint density at radius 1 is 1.14 bits per heavy atom. The molecule has 0 aliphatic rings. The molecule has 154 valence electrons. The van der Waals surface area contributed by atoms with E-state index in [4.69, 9.17) is 11.6 Å². The van der Waals surface area contributed by atoms with Crippen molar-refractivity contribution in [2.75, 3.05) is 6.54 Å². The van der Waals surface area contributed by atoms with Gasteiger partial charge in [-0.25, -0.2) is 9.37 Å². The molecule has 1 aromatic heterocycles. The van der Waals surface area contributed by atoms with E-state index < -0.39 is 24.6 Å². The number of aliphatic hydroxyl groups excluding tert-OH is 1.